The minimum Gasteiger partial charge on any atom is -0.467 e. The van der Waals surface area contributed by atoms with Gasteiger partial charge in [-0.05, 0) is 30.4 Å². The van der Waals surface area contributed by atoms with Crippen molar-refractivity contribution in [2.75, 3.05) is 13.7 Å². The van der Waals surface area contributed by atoms with Crippen molar-refractivity contribution in [3.63, 3.8) is 0 Å². The predicted molar refractivity (Wildman–Crippen MR) is 127 cm³/mol. The number of unbranched alkanes of at least 4 members (excludes halogenated alkanes) is 2. The highest BCUT2D eigenvalue weighted by molar-refractivity contribution is 5.84. The van der Waals surface area contributed by atoms with Crippen LogP contribution in [0, 0.1) is 0 Å². The summed E-state index contributed by atoms with van der Waals surface area (Å²) >= 11 is 0. The van der Waals surface area contributed by atoms with Gasteiger partial charge in [0.05, 0.1) is 7.11 Å². The Bertz CT molecular complexity index is 884. The van der Waals surface area contributed by atoms with E-state index in [1.54, 1.807) is 0 Å². The molecule has 0 saturated heterocycles. The molecule has 7 heteroatoms. The molecule has 0 aliphatic rings. The van der Waals surface area contributed by atoms with E-state index in [4.69, 9.17) is 9.47 Å². The third-order valence-electron chi connectivity index (χ3n) is 4.87. The number of carbonyl (C=O) groups excluding carboxylic acids is 3. The lowest BCUT2D eigenvalue weighted by Crippen LogP contribution is -2.41. The largest absolute Gasteiger partial charge is 0.467 e. The number of hydrogen-bond donors (Lipinski definition) is 2. The van der Waals surface area contributed by atoms with E-state index in [-0.39, 0.29) is 12.5 Å². The SMILES string of the molecule is COC(=O)[C@@H](C/C=C/c1ccccc1)NC(=O)CCCCCNC(=O)OCc1ccccc1. The molecule has 0 fully saturated rings. The summed E-state index contributed by atoms with van der Waals surface area (Å²) < 4.78 is 9.95. The zero-order valence-corrected chi connectivity index (χ0v) is 19.0. The van der Waals surface area contributed by atoms with Gasteiger partial charge in [0.15, 0.2) is 0 Å². The maximum absolute atomic E-state index is 12.2. The molecule has 1 atom stereocenters. The first-order valence-electron chi connectivity index (χ1n) is 11.1. The molecule has 2 amide bonds. The van der Waals surface area contributed by atoms with Gasteiger partial charge in [-0.25, -0.2) is 9.59 Å². The molecule has 0 saturated carbocycles. The molecule has 176 valence electrons. The molecule has 0 heterocycles. The lowest BCUT2D eigenvalue weighted by Gasteiger charge is -2.15. The van der Waals surface area contributed by atoms with Gasteiger partial charge in [-0.2, -0.15) is 0 Å². The van der Waals surface area contributed by atoms with Crippen LogP contribution in [0.5, 0.6) is 0 Å². The van der Waals surface area contributed by atoms with E-state index in [0.717, 1.165) is 24.0 Å². The summed E-state index contributed by atoms with van der Waals surface area (Å²) in [6, 6.07) is 18.5. The lowest BCUT2D eigenvalue weighted by atomic mass is 10.1. The fraction of sp³-hybridized carbons (Fsp3) is 0.346. The highest BCUT2D eigenvalue weighted by atomic mass is 16.5. The van der Waals surface area contributed by atoms with Crippen LogP contribution >= 0.6 is 0 Å². The second-order valence-electron chi connectivity index (χ2n) is 7.49. The fourth-order valence-electron chi connectivity index (χ4n) is 3.08. The van der Waals surface area contributed by atoms with Gasteiger partial charge in [-0.1, -0.05) is 79.2 Å². The summed E-state index contributed by atoms with van der Waals surface area (Å²) in [5, 5.41) is 5.44. The van der Waals surface area contributed by atoms with E-state index in [2.05, 4.69) is 10.6 Å². The molecular weight excluding hydrogens is 420 g/mol. The topological polar surface area (TPSA) is 93.7 Å². The lowest BCUT2D eigenvalue weighted by molar-refractivity contribution is -0.145. The van der Waals surface area contributed by atoms with Crippen LogP contribution in [-0.2, 0) is 25.7 Å². The Labute approximate surface area is 195 Å². The van der Waals surface area contributed by atoms with Crippen molar-refractivity contribution in [1.29, 1.82) is 0 Å². The van der Waals surface area contributed by atoms with Crippen molar-refractivity contribution in [3.8, 4) is 0 Å². The molecule has 0 aliphatic carbocycles. The number of alkyl carbamates (subject to hydrolysis) is 1. The first kappa shape index (κ1) is 25.6. The summed E-state index contributed by atoms with van der Waals surface area (Å²) in [6.45, 7) is 0.707. The molecule has 2 rings (SSSR count). The first-order chi connectivity index (χ1) is 16.1. The van der Waals surface area contributed by atoms with E-state index >= 15 is 0 Å². The van der Waals surface area contributed by atoms with Crippen LogP contribution in [0.4, 0.5) is 4.79 Å². The molecule has 0 radical (unpaired) electrons. The number of nitrogens with one attached hydrogen (secondary N) is 2. The van der Waals surface area contributed by atoms with Crippen molar-refractivity contribution in [1.82, 2.24) is 10.6 Å². The van der Waals surface area contributed by atoms with Crippen molar-refractivity contribution in [3.05, 3.63) is 77.9 Å². The van der Waals surface area contributed by atoms with Crippen LogP contribution in [0.3, 0.4) is 0 Å². The molecular formula is C26H32N2O5. The quantitative estimate of drug-likeness (QED) is 0.350. The van der Waals surface area contributed by atoms with Gasteiger partial charge in [0.25, 0.3) is 0 Å². The van der Waals surface area contributed by atoms with Gasteiger partial charge >= 0.3 is 12.1 Å². The third kappa shape index (κ3) is 11.0. The van der Waals surface area contributed by atoms with E-state index in [9.17, 15) is 14.4 Å². The Morgan fingerprint density at radius 2 is 1.64 bits per heavy atom. The van der Waals surface area contributed by atoms with E-state index in [0.29, 0.717) is 25.8 Å². The zero-order valence-electron chi connectivity index (χ0n) is 19.0. The van der Waals surface area contributed by atoms with Crippen molar-refractivity contribution in [2.24, 2.45) is 0 Å². The second-order valence-corrected chi connectivity index (χ2v) is 7.49. The number of ether oxygens (including phenoxy) is 2. The Morgan fingerprint density at radius 3 is 2.33 bits per heavy atom. The van der Waals surface area contributed by atoms with Crippen molar-refractivity contribution in [2.45, 2.75) is 44.8 Å². The maximum atomic E-state index is 12.2. The fourth-order valence-corrected chi connectivity index (χ4v) is 3.08. The molecule has 0 bridgehead atoms. The van der Waals surface area contributed by atoms with Crippen LogP contribution in [-0.4, -0.2) is 37.7 Å². The van der Waals surface area contributed by atoms with Crippen LogP contribution in [0.2, 0.25) is 0 Å². The number of hydrogen-bond acceptors (Lipinski definition) is 5. The molecule has 2 aromatic carbocycles. The highest BCUT2D eigenvalue weighted by Gasteiger charge is 2.19. The molecule has 33 heavy (non-hydrogen) atoms. The normalized spacial score (nSPS) is 11.5. The smallest absolute Gasteiger partial charge is 0.407 e. The van der Waals surface area contributed by atoms with Crippen molar-refractivity contribution >= 4 is 24.0 Å². The first-order valence-corrected chi connectivity index (χ1v) is 11.1. The minimum absolute atomic E-state index is 0.200. The zero-order chi connectivity index (χ0) is 23.7. The Kier molecular flexibility index (Phi) is 11.8. The number of methoxy groups -OCH3 is 1. The highest BCUT2D eigenvalue weighted by Crippen LogP contribution is 2.06. The summed E-state index contributed by atoms with van der Waals surface area (Å²) in [6.07, 6.45) is 6.09. The van der Waals surface area contributed by atoms with Crippen LogP contribution < -0.4 is 10.6 Å². The van der Waals surface area contributed by atoms with E-state index < -0.39 is 18.1 Å². The number of benzene rings is 2. The Morgan fingerprint density at radius 1 is 0.939 bits per heavy atom. The molecule has 0 spiro atoms. The van der Waals surface area contributed by atoms with Gasteiger partial charge in [-0.15, -0.1) is 0 Å². The predicted octanol–water partition coefficient (Wildman–Crippen LogP) is 4.23. The van der Waals surface area contributed by atoms with Gasteiger partial charge in [-0.3, -0.25) is 4.79 Å². The van der Waals surface area contributed by atoms with Crippen LogP contribution in [0.25, 0.3) is 6.08 Å². The number of rotatable bonds is 13. The molecule has 0 aliphatic heterocycles. The number of amides is 2. The Hall–Kier alpha value is -3.61. The van der Waals surface area contributed by atoms with Gasteiger partial charge in [0.2, 0.25) is 5.91 Å². The molecule has 0 aromatic heterocycles. The molecule has 7 nitrogen and oxygen atoms in total. The Balaban J connectivity index is 1.59. The monoisotopic (exact) mass is 452 g/mol. The molecule has 0 unspecified atom stereocenters. The van der Waals surface area contributed by atoms with Crippen LogP contribution in [0.1, 0.15) is 43.2 Å². The van der Waals surface area contributed by atoms with E-state index in [1.807, 2.05) is 72.8 Å². The molecule has 2 aromatic rings. The van der Waals surface area contributed by atoms with Gasteiger partial charge in [0.1, 0.15) is 12.6 Å². The van der Waals surface area contributed by atoms with Crippen molar-refractivity contribution < 1.29 is 23.9 Å². The second kappa shape index (κ2) is 15.2. The average molecular weight is 453 g/mol. The molecule has 2 N–H and O–H groups in total. The maximum Gasteiger partial charge on any atom is 0.407 e. The number of esters is 1. The van der Waals surface area contributed by atoms with E-state index in [1.165, 1.54) is 7.11 Å². The van der Waals surface area contributed by atoms with Gasteiger partial charge < -0.3 is 20.1 Å². The summed E-state index contributed by atoms with van der Waals surface area (Å²) in [5.74, 6) is -0.673. The summed E-state index contributed by atoms with van der Waals surface area (Å²) in [5.41, 5.74) is 1.95. The standard InChI is InChI=1S/C26H32N2O5/c1-32-25(30)23(17-11-16-21-12-5-2-6-13-21)28-24(29)18-9-4-10-19-27-26(31)33-20-22-14-7-3-8-15-22/h2-3,5-8,11-16,23H,4,9-10,17-20H2,1H3,(H,27,31)(H,28,29)/b16-11+/t23-/m1/s1. The summed E-state index contributed by atoms with van der Waals surface area (Å²) in [4.78, 5) is 35.9. The minimum atomic E-state index is -0.719. The van der Waals surface area contributed by atoms with Crippen LogP contribution in [0.15, 0.2) is 66.7 Å². The number of carbonyl (C=O) groups is 3. The average Bonchev–Trinajstić information content (AvgIpc) is 2.85. The summed E-state index contributed by atoms with van der Waals surface area (Å²) in [7, 11) is 1.31. The third-order valence-corrected chi connectivity index (χ3v) is 4.87. The van der Waals surface area contributed by atoms with Gasteiger partial charge in [0, 0.05) is 13.0 Å².